The molecule has 0 atom stereocenters. The smallest absolute Gasteiger partial charge is 0.261 e. The maximum Gasteiger partial charge on any atom is 0.261 e. The lowest BCUT2D eigenvalue weighted by Crippen LogP contribution is -2.39. The molecule has 0 unspecified atom stereocenters. The number of rotatable bonds is 6. The Labute approximate surface area is 148 Å². The summed E-state index contributed by atoms with van der Waals surface area (Å²) >= 11 is 5.19. The molecule has 0 heterocycles. The van der Waals surface area contributed by atoms with Crippen LogP contribution in [0.15, 0.2) is 54.6 Å². The molecule has 0 aliphatic heterocycles. The van der Waals surface area contributed by atoms with E-state index in [0.717, 1.165) is 5.56 Å². The third kappa shape index (κ3) is 5.66. The average molecular weight is 342 g/mol. The van der Waals surface area contributed by atoms with Crippen molar-refractivity contribution in [2.75, 3.05) is 6.61 Å². The number of hydrogen-bond acceptors (Lipinski definition) is 3. The van der Waals surface area contributed by atoms with Crippen LogP contribution < -0.4 is 15.4 Å². The van der Waals surface area contributed by atoms with E-state index in [2.05, 4.69) is 24.5 Å². The zero-order valence-corrected chi connectivity index (χ0v) is 14.7. The van der Waals surface area contributed by atoms with Gasteiger partial charge in [0.15, 0.2) is 5.11 Å². The van der Waals surface area contributed by atoms with Gasteiger partial charge in [-0.3, -0.25) is 10.1 Å². The van der Waals surface area contributed by atoms with Crippen LogP contribution in [0.3, 0.4) is 0 Å². The third-order valence-electron chi connectivity index (χ3n) is 3.23. The van der Waals surface area contributed by atoms with E-state index in [0.29, 0.717) is 35.5 Å². The largest absolute Gasteiger partial charge is 0.492 e. The first-order chi connectivity index (χ1) is 11.6. The first-order valence-corrected chi connectivity index (χ1v) is 8.32. The van der Waals surface area contributed by atoms with Crippen LogP contribution in [0.4, 0.5) is 0 Å². The Morgan fingerprint density at radius 2 is 1.75 bits per heavy atom. The fourth-order valence-electron chi connectivity index (χ4n) is 2.03. The van der Waals surface area contributed by atoms with Crippen molar-refractivity contribution in [3.63, 3.8) is 0 Å². The van der Waals surface area contributed by atoms with Crippen LogP contribution >= 0.6 is 12.2 Å². The minimum atomic E-state index is -0.278. The number of carbonyl (C=O) groups is 1. The van der Waals surface area contributed by atoms with E-state index in [1.807, 2.05) is 36.4 Å². The summed E-state index contributed by atoms with van der Waals surface area (Å²) in [6.07, 6.45) is 0. The van der Waals surface area contributed by atoms with Crippen LogP contribution in [0.5, 0.6) is 5.75 Å². The van der Waals surface area contributed by atoms with Gasteiger partial charge < -0.3 is 10.1 Å². The molecule has 24 heavy (non-hydrogen) atoms. The first kappa shape index (κ1) is 17.9. The van der Waals surface area contributed by atoms with Gasteiger partial charge in [0.2, 0.25) is 0 Å². The van der Waals surface area contributed by atoms with Crippen molar-refractivity contribution in [1.29, 1.82) is 0 Å². The normalized spacial score (nSPS) is 10.3. The molecule has 5 heteroatoms. The van der Waals surface area contributed by atoms with E-state index in [1.165, 1.54) is 0 Å². The lowest BCUT2D eigenvalue weighted by Gasteiger charge is -2.14. The van der Waals surface area contributed by atoms with Gasteiger partial charge in [-0.2, -0.15) is 0 Å². The summed E-state index contributed by atoms with van der Waals surface area (Å²) in [4.78, 5) is 12.4. The molecule has 0 aromatic heterocycles. The van der Waals surface area contributed by atoms with E-state index in [9.17, 15) is 4.79 Å². The Hall–Kier alpha value is -2.40. The minimum absolute atomic E-state index is 0.278. The number of benzene rings is 2. The lowest BCUT2D eigenvalue weighted by atomic mass is 10.2. The molecule has 0 spiro atoms. The number of para-hydroxylation sites is 1. The summed E-state index contributed by atoms with van der Waals surface area (Å²) in [6.45, 7) is 5.24. The SMILES string of the molecule is CC(C)COc1ccccc1C(=O)NC(=S)NCc1ccccc1. The minimum Gasteiger partial charge on any atom is -0.492 e. The van der Waals surface area contributed by atoms with Crippen LogP contribution in [0, 0.1) is 5.92 Å². The van der Waals surface area contributed by atoms with Gasteiger partial charge in [-0.25, -0.2) is 0 Å². The second-order valence-corrected chi connectivity index (χ2v) is 6.23. The van der Waals surface area contributed by atoms with E-state index < -0.39 is 0 Å². The predicted octanol–water partition coefficient (Wildman–Crippen LogP) is 3.53. The molecule has 0 aliphatic carbocycles. The summed E-state index contributed by atoms with van der Waals surface area (Å²) in [5.41, 5.74) is 1.57. The van der Waals surface area contributed by atoms with Crippen LogP contribution in [-0.2, 0) is 6.54 Å². The maximum absolute atomic E-state index is 12.4. The summed E-state index contributed by atoms with van der Waals surface area (Å²) in [7, 11) is 0. The van der Waals surface area contributed by atoms with Crippen molar-refractivity contribution in [3.05, 3.63) is 65.7 Å². The molecule has 4 nitrogen and oxygen atoms in total. The van der Waals surface area contributed by atoms with Crippen molar-refractivity contribution in [2.45, 2.75) is 20.4 Å². The number of thiocarbonyl (C=S) groups is 1. The molecule has 126 valence electrons. The van der Waals surface area contributed by atoms with Crippen LogP contribution in [-0.4, -0.2) is 17.6 Å². The molecular weight excluding hydrogens is 320 g/mol. The molecule has 0 saturated heterocycles. The van der Waals surface area contributed by atoms with Crippen LogP contribution in [0.25, 0.3) is 0 Å². The van der Waals surface area contributed by atoms with E-state index in [1.54, 1.807) is 18.2 Å². The molecule has 2 aromatic carbocycles. The molecule has 0 saturated carbocycles. The van der Waals surface area contributed by atoms with Gasteiger partial charge in [-0.05, 0) is 35.8 Å². The van der Waals surface area contributed by atoms with Gasteiger partial charge >= 0.3 is 0 Å². The lowest BCUT2D eigenvalue weighted by molar-refractivity contribution is 0.0972. The van der Waals surface area contributed by atoms with E-state index >= 15 is 0 Å². The zero-order chi connectivity index (χ0) is 17.4. The molecule has 0 radical (unpaired) electrons. The Bertz CT molecular complexity index is 687. The van der Waals surface area contributed by atoms with Gasteiger partial charge in [0.05, 0.1) is 12.2 Å². The highest BCUT2D eigenvalue weighted by Gasteiger charge is 2.13. The van der Waals surface area contributed by atoms with E-state index in [4.69, 9.17) is 17.0 Å². The monoisotopic (exact) mass is 342 g/mol. The fourth-order valence-corrected chi connectivity index (χ4v) is 2.19. The molecule has 0 bridgehead atoms. The van der Waals surface area contributed by atoms with Crippen molar-refractivity contribution in [2.24, 2.45) is 5.92 Å². The van der Waals surface area contributed by atoms with Crippen molar-refractivity contribution < 1.29 is 9.53 Å². The van der Waals surface area contributed by atoms with Gasteiger partial charge in [-0.15, -0.1) is 0 Å². The second kappa shape index (κ2) is 9.03. The highest BCUT2D eigenvalue weighted by molar-refractivity contribution is 7.80. The highest BCUT2D eigenvalue weighted by Crippen LogP contribution is 2.18. The van der Waals surface area contributed by atoms with Crippen LogP contribution in [0.1, 0.15) is 29.8 Å². The first-order valence-electron chi connectivity index (χ1n) is 7.91. The Balaban J connectivity index is 1.93. The average Bonchev–Trinajstić information content (AvgIpc) is 2.59. The van der Waals surface area contributed by atoms with Gasteiger partial charge in [0.25, 0.3) is 5.91 Å². The maximum atomic E-state index is 12.4. The summed E-state index contributed by atoms with van der Waals surface area (Å²) in [5, 5.41) is 6.02. The molecule has 0 fully saturated rings. The number of nitrogens with one attached hydrogen (secondary N) is 2. The fraction of sp³-hybridized carbons (Fsp3) is 0.263. The quantitative estimate of drug-likeness (QED) is 0.789. The van der Waals surface area contributed by atoms with Gasteiger partial charge in [0.1, 0.15) is 5.75 Å². The molecule has 1 amide bonds. The Morgan fingerprint density at radius 1 is 1.08 bits per heavy atom. The second-order valence-electron chi connectivity index (χ2n) is 5.82. The van der Waals surface area contributed by atoms with Gasteiger partial charge in [-0.1, -0.05) is 56.3 Å². The number of ether oxygens (including phenoxy) is 1. The van der Waals surface area contributed by atoms with Crippen molar-refractivity contribution in [3.8, 4) is 5.75 Å². The topological polar surface area (TPSA) is 50.4 Å². The van der Waals surface area contributed by atoms with Crippen LogP contribution in [0.2, 0.25) is 0 Å². The van der Waals surface area contributed by atoms with Crippen molar-refractivity contribution in [1.82, 2.24) is 10.6 Å². The van der Waals surface area contributed by atoms with E-state index in [-0.39, 0.29) is 5.91 Å². The number of amides is 1. The van der Waals surface area contributed by atoms with Gasteiger partial charge in [0, 0.05) is 6.54 Å². The molecule has 2 N–H and O–H groups in total. The van der Waals surface area contributed by atoms with Crippen molar-refractivity contribution >= 4 is 23.2 Å². The molecule has 2 rings (SSSR count). The predicted molar refractivity (Wildman–Crippen MR) is 100 cm³/mol. The number of hydrogen-bond donors (Lipinski definition) is 2. The Kier molecular flexibility index (Phi) is 6.75. The molecule has 2 aromatic rings. The molecule has 0 aliphatic rings. The highest BCUT2D eigenvalue weighted by atomic mass is 32.1. The third-order valence-corrected chi connectivity index (χ3v) is 3.47. The standard InChI is InChI=1S/C19H22N2O2S/c1-14(2)13-23-17-11-7-6-10-16(17)18(22)21-19(24)20-12-15-8-4-3-5-9-15/h3-11,14H,12-13H2,1-2H3,(H2,20,21,22,24). The summed E-state index contributed by atoms with van der Waals surface area (Å²) in [5.74, 6) is 0.671. The number of carbonyl (C=O) groups excluding carboxylic acids is 1. The molecular formula is C19H22N2O2S. The summed E-state index contributed by atoms with van der Waals surface area (Å²) in [6, 6.07) is 17.0. The Morgan fingerprint density at radius 3 is 2.46 bits per heavy atom. The summed E-state index contributed by atoms with van der Waals surface area (Å²) < 4.78 is 5.71. The zero-order valence-electron chi connectivity index (χ0n) is 13.9.